The van der Waals surface area contributed by atoms with Crippen LogP contribution < -0.4 is 5.56 Å². The summed E-state index contributed by atoms with van der Waals surface area (Å²) in [4.78, 5) is 45.2. The van der Waals surface area contributed by atoms with Gasteiger partial charge in [-0.15, -0.1) is 0 Å². The Balaban J connectivity index is 0.934. The molecule has 270 valence electrons. The molecule has 4 aromatic heterocycles. The van der Waals surface area contributed by atoms with Gasteiger partial charge in [-0.1, -0.05) is 36.4 Å². The van der Waals surface area contributed by atoms with Crippen LogP contribution in [0.1, 0.15) is 42.0 Å². The molecule has 11 nitrogen and oxygen atoms in total. The molecule has 0 radical (unpaired) electrons. The summed E-state index contributed by atoms with van der Waals surface area (Å²) < 4.78 is 16.3. The van der Waals surface area contributed by atoms with Gasteiger partial charge >= 0.3 is 0 Å². The van der Waals surface area contributed by atoms with Gasteiger partial charge in [0.1, 0.15) is 12.1 Å². The lowest BCUT2D eigenvalue weighted by molar-refractivity contribution is -0.142. The van der Waals surface area contributed by atoms with Gasteiger partial charge in [0.15, 0.2) is 0 Å². The number of aromatic nitrogens is 6. The summed E-state index contributed by atoms with van der Waals surface area (Å²) >= 11 is 0. The molecule has 0 bridgehead atoms. The van der Waals surface area contributed by atoms with E-state index in [1.807, 2.05) is 54.7 Å². The predicted octanol–water partition coefficient (Wildman–Crippen LogP) is 5.12. The van der Waals surface area contributed by atoms with Gasteiger partial charge in [-0.2, -0.15) is 5.10 Å². The van der Waals surface area contributed by atoms with Crippen LogP contribution in [-0.4, -0.2) is 81.7 Å². The first-order valence-electron chi connectivity index (χ1n) is 18.1. The fraction of sp³-hybridized carbons (Fsp3) is 0.317. The molecule has 1 N–H and O–H groups in total. The van der Waals surface area contributed by atoms with Crippen molar-refractivity contribution in [1.82, 2.24) is 38.9 Å². The van der Waals surface area contributed by atoms with Gasteiger partial charge in [-0.05, 0) is 80.3 Å². The van der Waals surface area contributed by atoms with Crippen LogP contribution in [0.15, 0.2) is 109 Å². The van der Waals surface area contributed by atoms with Crippen LogP contribution in [-0.2, 0) is 17.9 Å². The number of imidazole rings is 1. The SMILES string of the molecule is Cc1ccc(-c2cncc(CN3CCC(C(=O)N4CCC(O)(Cn5cnn6c(-c7ccc(F)cc7)cnc6c5=O)CC4)C(c4ccccc4)C3)c2)cn1. The molecular weight excluding hydrogens is 672 g/mol. The van der Waals surface area contributed by atoms with Crippen molar-refractivity contribution in [3.05, 3.63) is 137 Å². The maximum absolute atomic E-state index is 14.2. The average Bonchev–Trinajstić information content (AvgIpc) is 3.62. The van der Waals surface area contributed by atoms with E-state index in [0.717, 1.165) is 54.0 Å². The smallest absolute Gasteiger partial charge is 0.296 e. The minimum Gasteiger partial charge on any atom is -0.388 e. The van der Waals surface area contributed by atoms with E-state index in [9.17, 15) is 19.1 Å². The van der Waals surface area contributed by atoms with Gasteiger partial charge in [-0.3, -0.25) is 29.0 Å². The molecular formula is C41H41FN8O3. The summed E-state index contributed by atoms with van der Waals surface area (Å²) in [5.41, 5.74) is 5.09. The number of hydrogen-bond donors (Lipinski definition) is 1. The normalized spacial score (nSPS) is 19.0. The number of halogens is 1. The molecule has 12 heteroatoms. The second-order valence-electron chi connectivity index (χ2n) is 14.4. The fourth-order valence-electron chi connectivity index (χ4n) is 7.81. The number of benzene rings is 2. The van der Waals surface area contributed by atoms with Crippen molar-refractivity contribution in [2.45, 2.75) is 50.8 Å². The van der Waals surface area contributed by atoms with Crippen molar-refractivity contribution in [3.63, 3.8) is 0 Å². The highest BCUT2D eigenvalue weighted by Crippen LogP contribution is 2.36. The maximum atomic E-state index is 14.2. The third-order valence-corrected chi connectivity index (χ3v) is 10.8. The first-order valence-corrected chi connectivity index (χ1v) is 18.1. The number of fused-ring (bicyclic) bond motifs is 1. The van der Waals surface area contributed by atoms with Crippen LogP contribution in [0.4, 0.5) is 4.39 Å². The van der Waals surface area contributed by atoms with Crippen molar-refractivity contribution in [3.8, 4) is 22.4 Å². The molecule has 2 saturated heterocycles. The number of piperidine rings is 2. The first kappa shape index (κ1) is 34.5. The van der Waals surface area contributed by atoms with Crippen LogP contribution in [0.3, 0.4) is 0 Å². The zero-order chi connectivity index (χ0) is 36.5. The number of rotatable bonds is 8. The molecule has 2 unspecified atom stereocenters. The highest BCUT2D eigenvalue weighted by atomic mass is 19.1. The summed E-state index contributed by atoms with van der Waals surface area (Å²) in [6.45, 7) is 5.05. The van der Waals surface area contributed by atoms with Crippen molar-refractivity contribution >= 4 is 11.6 Å². The average molecular weight is 713 g/mol. The summed E-state index contributed by atoms with van der Waals surface area (Å²) in [7, 11) is 0. The quantitative estimate of drug-likeness (QED) is 0.231. The van der Waals surface area contributed by atoms with Crippen LogP contribution in [0, 0.1) is 18.7 Å². The Kier molecular flexibility index (Phi) is 9.40. The number of aliphatic hydroxyl groups is 1. The number of nitrogens with zero attached hydrogens (tertiary/aromatic N) is 8. The second-order valence-corrected chi connectivity index (χ2v) is 14.4. The van der Waals surface area contributed by atoms with E-state index in [1.165, 1.54) is 33.7 Å². The van der Waals surface area contributed by atoms with Crippen LogP contribution in [0.2, 0.25) is 0 Å². The molecule has 2 aromatic carbocycles. The Labute approximate surface area is 306 Å². The number of hydrogen-bond acceptors (Lipinski definition) is 8. The fourth-order valence-corrected chi connectivity index (χ4v) is 7.81. The molecule has 0 saturated carbocycles. The lowest BCUT2D eigenvalue weighted by Crippen LogP contribution is -2.53. The van der Waals surface area contributed by atoms with Gasteiger partial charge in [0.2, 0.25) is 11.6 Å². The highest BCUT2D eigenvalue weighted by molar-refractivity contribution is 5.80. The summed E-state index contributed by atoms with van der Waals surface area (Å²) in [6.07, 6.45) is 9.99. The molecule has 2 aliphatic rings. The minimum absolute atomic E-state index is 0.0152. The van der Waals surface area contributed by atoms with E-state index in [-0.39, 0.29) is 41.3 Å². The largest absolute Gasteiger partial charge is 0.388 e. The molecule has 6 aromatic rings. The number of likely N-dealkylation sites (tertiary alicyclic amines) is 2. The maximum Gasteiger partial charge on any atom is 0.296 e. The molecule has 8 rings (SSSR count). The topological polar surface area (TPSA) is 122 Å². The number of carbonyl (C=O) groups is 1. The van der Waals surface area contributed by atoms with Crippen LogP contribution in [0.25, 0.3) is 28.0 Å². The van der Waals surface area contributed by atoms with Gasteiger partial charge in [0.05, 0.1) is 24.0 Å². The molecule has 2 atom stereocenters. The summed E-state index contributed by atoms with van der Waals surface area (Å²) in [5.74, 6) is -0.417. The van der Waals surface area contributed by atoms with Gasteiger partial charge in [0, 0.05) is 79.0 Å². The Hall–Kier alpha value is -5.59. The van der Waals surface area contributed by atoms with Crippen molar-refractivity contribution in [2.75, 3.05) is 26.2 Å². The Morgan fingerprint density at radius 3 is 2.43 bits per heavy atom. The molecule has 0 aliphatic carbocycles. The zero-order valence-electron chi connectivity index (χ0n) is 29.6. The lowest BCUT2D eigenvalue weighted by Gasteiger charge is -2.43. The number of aryl methyl sites for hydroxylation is 1. The molecule has 53 heavy (non-hydrogen) atoms. The summed E-state index contributed by atoms with van der Waals surface area (Å²) in [5, 5.41) is 16.1. The summed E-state index contributed by atoms with van der Waals surface area (Å²) in [6, 6.07) is 22.4. The standard InChI is InChI=1S/C41H41FN8O3/c1-28-7-8-32(22-44-28)33-19-29(20-43-21-33)24-47-16-13-35(36(25-47)30-5-3-2-4-6-30)39(51)48-17-14-41(53,15-18-48)26-49-27-46-50-37(23-45-38(50)40(49)52)31-9-11-34(42)12-10-31/h2-12,19-23,27,35-36,53H,13-18,24-26H2,1H3. The number of carbonyl (C=O) groups excluding carboxylic acids is 1. The van der Waals surface area contributed by atoms with Crippen LogP contribution >= 0.6 is 0 Å². The van der Waals surface area contributed by atoms with Gasteiger partial charge < -0.3 is 10.0 Å². The minimum atomic E-state index is -1.19. The molecule has 2 fully saturated rings. The molecule has 0 spiro atoms. The van der Waals surface area contributed by atoms with E-state index in [1.54, 1.807) is 12.1 Å². The van der Waals surface area contributed by atoms with Crippen molar-refractivity contribution in [1.29, 1.82) is 0 Å². The Bertz CT molecular complexity index is 2280. The Morgan fingerprint density at radius 2 is 1.68 bits per heavy atom. The predicted molar refractivity (Wildman–Crippen MR) is 198 cm³/mol. The molecule has 6 heterocycles. The third-order valence-electron chi connectivity index (χ3n) is 10.8. The van der Waals surface area contributed by atoms with E-state index in [4.69, 9.17) is 0 Å². The molecule has 2 aliphatic heterocycles. The van der Waals surface area contributed by atoms with E-state index < -0.39 is 5.60 Å². The first-order chi connectivity index (χ1) is 25.7. The van der Waals surface area contributed by atoms with E-state index >= 15 is 0 Å². The van der Waals surface area contributed by atoms with Crippen LogP contribution in [0.5, 0.6) is 0 Å². The Morgan fingerprint density at radius 1 is 0.906 bits per heavy atom. The second kappa shape index (κ2) is 14.4. The van der Waals surface area contributed by atoms with E-state index in [0.29, 0.717) is 37.2 Å². The third kappa shape index (κ3) is 7.24. The van der Waals surface area contributed by atoms with Gasteiger partial charge in [0.25, 0.3) is 5.56 Å². The highest BCUT2D eigenvalue weighted by Gasteiger charge is 2.41. The lowest BCUT2D eigenvalue weighted by atomic mass is 9.79. The number of pyridine rings is 2. The number of amides is 1. The van der Waals surface area contributed by atoms with Crippen molar-refractivity contribution in [2.24, 2.45) is 5.92 Å². The monoisotopic (exact) mass is 712 g/mol. The zero-order valence-corrected chi connectivity index (χ0v) is 29.6. The molecule has 1 amide bonds. The van der Waals surface area contributed by atoms with E-state index in [2.05, 4.69) is 49.2 Å². The van der Waals surface area contributed by atoms with Crippen molar-refractivity contribution < 1.29 is 14.3 Å². The van der Waals surface area contributed by atoms with Gasteiger partial charge in [-0.25, -0.2) is 13.9 Å².